The number of anilines is 1. The topological polar surface area (TPSA) is 64.6 Å². The molecule has 5 heteroatoms. The fraction of sp³-hybridized carbons (Fsp3) is 0.440. The van der Waals surface area contributed by atoms with Gasteiger partial charge in [0, 0.05) is 5.69 Å². The molecular weight excluding hydrogens is 378 g/mol. The van der Waals surface area contributed by atoms with Crippen molar-refractivity contribution in [2.75, 3.05) is 19.5 Å². The van der Waals surface area contributed by atoms with Crippen LogP contribution in [0.2, 0.25) is 0 Å². The van der Waals surface area contributed by atoms with E-state index in [4.69, 9.17) is 9.47 Å². The van der Waals surface area contributed by atoms with E-state index in [1.807, 2.05) is 36.4 Å². The molecule has 1 aliphatic heterocycles. The maximum absolute atomic E-state index is 12.6. The zero-order chi connectivity index (χ0) is 21.0. The molecule has 3 aliphatic rings. The van der Waals surface area contributed by atoms with Gasteiger partial charge in [0.1, 0.15) is 0 Å². The molecule has 2 aromatic rings. The lowest BCUT2D eigenvalue weighted by atomic mass is 9.66. The Kier molecular flexibility index (Phi) is 4.57. The average Bonchev–Trinajstić information content (AvgIpc) is 3.41. The number of nitrogens with one attached hydrogen (secondary N) is 1. The van der Waals surface area contributed by atoms with Crippen molar-refractivity contribution >= 4 is 17.6 Å². The number of methoxy groups -OCH3 is 2. The summed E-state index contributed by atoms with van der Waals surface area (Å²) in [6, 6.07) is 11.9. The molecule has 2 aliphatic carbocycles. The molecule has 30 heavy (non-hydrogen) atoms. The Morgan fingerprint density at radius 2 is 1.63 bits per heavy atom. The highest BCUT2D eigenvalue weighted by Gasteiger charge is 2.55. The van der Waals surface area contributed by atoms with Crippen LogP contribution in [-0.2, 0) is 9.47 Å². The van der Waals surface area contributed by atoms with Gasteiger partial charge in [-0.1, -0.05) is 18.2 Å². The van der Waals surface area contributed by atoms with E-state index in [1.165, 1.54) is 39.0 Å². The normalized spacial score (nSPS) is 28.3. The fourth-order valence-corrected chi connectivity index (χ4v) is 6.30. The lowest BCUT2D eigenvalue weighted by Crippen LogP contribution is -2.37. The second-order valence-electron chi connectivity index (χ2n) is 8.88. The van der Waals surface area contributed by atoms with E-state index in [0.29, 0.717) is 34.8 Å². The van der Waals surface area contributed by atoms with Crippen LogP contribution in [0, 0.1) is 24.7 Å². The first kappa shape index (κ1) is 19.2. The van der Waals surface area contributed by atoms with Gasteiger partial charge >= 0.3 is 11.9 Å². The maximum Gasteiger partial charge on any atom is 0.338 e. The molecule has 5 nitrogen and oxygen atoms in total. The zero-order valence-corrected chi connectivity index (χ0v) is 17.6. The van der Waals surface area contributed by atoms with E-state index in [0.717, 1.165) is 16.8 Å². The minimum Gasteiger partial charge on any atom is -0.465 e. The summed E-state index contributed by atoms with van der Waals surface area (Å²) < 4.78 is 9.96. The molecule has 156 valence electrons. The van der Waals surface area contributed by atoms with Crippen LogP contribution in [0.3, 0.4) is 0 Å². The third-order valence-electron chi connectivity index (χ3n) is 7.55. The van der Waals surface area contributed by atoms with Gasteiger partial charge in [0.05, 0.1) is 31.4 Å². The molecule has 2 saturated carbocycles. The number of benzene rings is 2. The summed E-state index contributed by atoms with van der Waals surface area (Å²) in [7, 11) is 2.85. The summed E-state index contributed by atoms with van der Waals surface area (Å²) >= 11 is 0. The van der Waals surface area contributed by atoms with Crippen molar-refractivity contribution in [3.8, 4) is 0 Å². The van der Waals surface area contributed by atoms with Crippen molar-refractivity contribution in [2.45, 2.75) is 38.1 Å². The van der Waals surface area contributed by atoms with E-state index in [1.54, 1.807) is 0 Å². The molecule has 2 fully saturated rings. The standard InChI is InChI=1S/C25H27NO4/c1-13-4-11-18(25(28)30-3)21-19-16-9-10-17(12-16)20(19)23(26-22(13)21)14-5-7-15(8-6-14)24(27)29-2/h4-8,11,16-17,19-20,23,26H,9-10,12H2,1-3H3/t16-,17-,19-,20-,23-/m0/s1. The smallest absolute Gasteiger partial charge is 0.338 e. The second-order valence-corrected chi connectivity index (χ2v) is 8.88. The van der Waals surface area contributed by atoms with Crippen molar-refractivity contribution in [1.82, 2.24) is 0 Å². The molecule has 0 saturated heterocycles. The first-order valence-corrected chi connectivity index (χ1v) is 10.7. The Balaban J connectivity index is 1.62. The van der Waals surface area contributed by atoms with Gasteiger partial charge in [-0.3, -0.25) is 0 Å². The number of aryl methyl sites for hydroxylation is 1. The highest BCUT2D eigenvalue weighted by atomic mass is 16.5. The lowest BCUT2D eigenvalue weighted by Gasteiger charge is -2.44. The van der Waals surface area contributed by atoms with Crippen LogP contribution in [0.1, 0.15) is 68.6 Å². The summed E-state index contributed by atoms with van der Waals surface area (Å²) in [5.41, 5.74) is 5.82. The minimum absolute atomic E-state index is 0.163. The number of esters is 2. The molecule has 0 radical (unpaired) electrons. The maximum atomic E-state index is 12.6. The largest absolute Gasteiger partial charge is 0.465 e. The molecule has 0 aromatic heterocycles. The van der Waals surface area contributed by atoms with Crippen LogP contribution in [0.5, 0.6) is 0 Å². The number of carbonyl (C=O) groups is 2. The SMILES string of the molecule is COC(=O)c1ccc([C@@H]2Nc3c(C)ccc(C(=O)OC)c3[C@H]3[C@H]4CC[C@@H](C4)[C@@H]32)cc1. The van der Waals surface area contributed by atoms with Gasteiger partial charge in [-0.2, -0.15) is 0 Å². The Morgan fingerprint density at radius 3 is 2.33 bits per heavy atom. The summed E-state index contributed by atoms with van der Waals surface area (Å²) in [6.07, 6.45) is 3.70. The number of hydrogen-bond acceptors (Lipinski definition) is 5. The van der Waals surface area contributed by atoms with Gasteiger partial charge in [-0.15, -0.1) is 0 Å². The Bertz CT molecular complexity index is 1010. The summed E-state index contributed by atoms with van der Waals surface area (Å²) in [6.45, 7) is 2.10. The zero-order valence-electron chi connectivity index (χ0n) is 17.6. The lowest BCUT2D eigenvalue weighted by molar-refractivity contribution is 0.0590. The first-order chi connectivity index (χ1) is 14.5. The predicted molar refractivity (Wildman–Crippen MR) is 114 cm³/mol. The van der Waals surface area contributed by atoms with Gasteiger partial charge in [0.2, 0.25) is 0 Å². The van der Waals surface area contributed by atoms with Crippen molar-refractivity contribution < 1.29 is 19.1 Å². The average molecular weight is 405 g/mol. The highest BCUT2D eigenvalue weighted by molar-refractivity contribution is 5.94. The molecule has 0 amide bonds. The van der Waals surface area contributed by atoms with Gasteiger partial charge in [-0.05, 0) is 84.7 Å². The van der Waals surface area contributed by atoms with E-state index < -0.39 is 0 Å². The Hall–Kier alpha value is -2.82. The van der Waals surface area contributed by atoms with Crippen LogP contribution in [0.25, 0.3) is 0 Å². The number of carbonyl (C=O) groups excluding carboxylic acids is 2. The third kappa shape index (κ3) is 2.75. The fourth-order valence-electron chi connectivity index (χ4n) is 6.30. The van der Waals surface area contributed by atoms with Gasteiger partial charge in [0.15, 0.2) is 0 Å². The van der Waals surface area contributed by atoms with E-state index in [-0.39, 0.29) is 18.0 Å². The Morgan fingerprint density at radius 1 is 0.933 bits per heavy atom. The van der Waals surface area contributed by atoms with Crippen LogP contribution < -0.4 is 5.32 Å². The third-order valence-corrected chi connectivity index (χ3v) is 7.55. The van der Waals surface area contributed by atoms with Crippen molar-refractivity contribution in [3.05, 3.63) is 64.2 Å². The molecule has 5 atom stereocenters. The molecule has 1 N–H and O–H groups in total. The summed E-state index contributed by atoms with van der Waals surface area (Å²) in [4.78, 5) is 24.4. The molecule has 2 aromatic carbocycles. The monoisotopic (exact) mass is 405 g/mol. The van der Waals surface area contributed by atoms with Crippen LogP contribution in [-0.4, -0.2) is 26.2 Å². The molecule has 5 rings (SSSR count). The van der Waals surface area contributed by atoms with Gasteiger partial charge in [0.25, 0.3) is 0 Å². The predicted octanol–water partition coefficient (Wildman–Crippen LogP) is 4.86. The van der Waals surface area contributed by atoms with E-state index >= 15 is 0 Å². The van der Waals surface area contributed by atoms with E-state index in [9.17, 15) is 9.59 Å². The number of rotatable bonds is 3. The highest BCUT2D eigenvalue weighted by Crippen LogP contribution is 2.64. The summed E-state index contributed by atoms with van der Waals surface area (Å²) in [5, 5.41) is 3.80. The molecule has 0 spiro atoms. The van der Waals surface area contributed by atoms with Crippen molar-refractivity contribution in [3.63, 3.8) is 0 Å². The molecule has 2 bridgehead atoms. The van der Waals surface area contributed by atoms with Crippen molar-refractivity contribution in [1.29, 1.82) is 0 Å². The van der Waals surface area contributed by atoms with E-state index in [2.05, 4.69) is 12.2 Å². The molecular formula is C25H27NO4. The first-order valence-electron chi connectivity index (χ1n) is 10.7. The Labute approximate surface area is 176 Å². The number of hydrogen-bond donors (Lipinski definition) is 1. The summed E-state index contributed by atoms with van der Waals surface area (Å²) in [5.74, 6) is 1.49. The minimum atomic E-state index is -0.320. The van der Waals surface area contributed by atoms with Crippen LogP contribution in [0.4, 0.5) is 5.69 Å². The number of ether oxygens (including phenoxy) is 2. The van der Waals surface area contributed by atoms with Crippen LogP contribution in [0.15, 0.2) is 36.4 Å². The van der Waals surface area contributed by atoms with Gasteiger partial charge < -0.3 is 14.8 Å². The quantitative estimate of drug-likeness (QED) is 0.739. The van der Waals surface area contributed by atoms with Crippen LogP contribution >= 0.6 is 0 Å². The number of fused-ring (bicyclic) bond motifs is 7. The van der Waals surface area contributed by atoms with Gasteiger partial charge in [-0.25, -0.2) is 9.59 Å². The second kappa shape index (κ2) is 7.15. The molecule has 1 heterocycles. The molecule has 0 unspecified atom stereocenters. The van der Waals surface area contributed by atoms with Crippen molar-refractivity contribution in [2.24, 2.45) is 17.8 Å².